The Morgan fingerprint density at radius 2 is 1.14 bits per heavy atom. The molecule has 8 aromatic rings. The Morgan fingerprint density at radius 1 is 0.500 bits per heavy atom. The van der Waals surface area contributed by atoms with Crippen molar-refractivity contribution in [1.82, 2.24) is 5.32 Å². The molecule has 0 saturated heterocycles. The van der Waals surface area contributed by atoms with Crippen molar-refractivity contribution in [3.63, 3.8) is 0 Å². The highest BCUT2D eigenvalue weighted by atomic mass is 32.1. The summed E-state index contributed by atoms with van der Waals surface area (Å²) in [5, 5.41) is 12.4. The molecular formula is C41H28N2S. The van der Waals surface area contributed by atoms with Gasteiger partial charge in [0.25, 0.3) is 0 Å². The first kappa shape index (κ1) is 25.1. The standard InChI is InChI=1S/C41H28N2S/c1-2-6-27(7-3-1)28-10-14-31(15-11-28)43(33-17-21-38-39-26-42-23-22-40(39)44-41(38)25-33)32-16-20-35-30(24-32)13-19-36-34-9-5-4-8-29(34)12-18-37(35)36/h1-25,42H,26H2. The third-order valence-corrected chi connectivity index (χ3v) is 10.1. The van der Waals surface area contributed by atoms with E-state index in [4.69, 9.17) is 0 Å². The molecule has 1 aromatic heterocycles. The Kier molecular flexibility index (Phi) is 5.78. The highest BCUT2D eigenvalue weighted by Gasteiger charge is 2.18. The van der Waals surface area contributed by atoms with E-state index < -0.39 is 0 Å². The molecule has 0 spiro atoms. The molecule has 44 heavy (non-hydrogen) atoms. The maximum Gasteiger partial charge on any atom is 0.0476 e. The van der Waals surface area contributed by atoms with Crippen LogP contribution in [0.25, 0.3) is 59.6 Å². The largest absolute Gasteiger partial charge is 0.387 e. The highest BCUT2D eigenvalue weighted by Crippen LogP contribution is 2.42. The van der Waals surface area contributed by atoms with E-state index in [0.717, 1.165) is 23.6 Å². The molecule has 1 aliphatic heterocycles. The first-order chi connectivity index (χ1) is 21.8. The van der Waals surface area contributed by atoms with Crippen LogP contribution in [-0.4, -0.2) is 0 Å². The third-order valence-electron chi connectivity index (χ3n) is 8.91. The number of thiophene rings is 1. The molecule has 0 fully saturated rings. The fourth-order valence-electron chi connectivity index (χ4n) is 6.75. The van der Waals surface area contributed by atoms with Crippen LogP contribution in [0.4, 0.5) is 17.1 Å². The van der Waals surface area contributed by atoms with Crippen molar-refractivity contribution in [3.05, 3.63) is 156 Å². The summed E-state index contributed by atoms with van der Waals surface area (Å²) in [5.41, 5.74) is 7.27. The van der Waals surface area contributed by atoms with Gasteiger partial charge in [0.05, 0.1) is 0 Å². The Morgan fingerprint density at radius 3 is 1.98 bits per heavy atom. The molecule has 1 N–H and O–H groups in total. The monoisotopic (exact) mass is 580 g/mol. The van der Waals surface area contributed by atoms with Crippen molar-refractivity contribution < 1.29 is 0 Å². The van der Waals surface area contributed by atoms with E-state index in [2.05, 4.69) is 162 Å². The van der Waals surface area contributed by atoms with Crippen LogP contribution in [0.3, 0.4) is 0 Å². The lowest BCUT2D eigenvalue weighted by atomic mass is 9.96. The zero-order valence-electron chi connectivity index (χ0n) is 24.0. The Bertz CT molecular complexity index is 2380. The molecule has 0 saturated carbocycles. The zero-order chi connectivity index (χ0) is 29.0. The number of benzene rings is 7. The van der Waals surface area contributed by atoms with Crippen LogP contribution in [0, 0.1) is 0 Å². The average Bonchev–Trinajstić information content (AvgIpc) is 3.47. The number of hydrogen-bond donors (Lipinski definition) is 1. The summed E-state index contributed by atoms with van der Waals surface area (Å²) in [4.78, 5) is 3.74. The van der Waals surface area contributed by atoms with E-state index in [0.29, 0.717) is 0 Å². The van der Waals surface area contributed by atoms with Gasteiger partial charge in [-0.05, 0) is 103 Å². The van der Waals surface area contributed by atoms with Crippen molar-refractivity contribution in [3.8, 4) is 11.1 Å². The van der Waals surface area contributed by atoms with Gasteiger partial charge in [-0.3, -0.25) is 0 Å². The lowest BCUT2D eigenvalue weighted by Gasteiger charge is -2.26. The van der Waals surface area contributed by atoms with Crippen molar-refractivity contribution in [2.75, 3.05) is 4.90 Å². The number of hydrogen-bond acceptors (Lipinski definition) is 3. The molecule has 2 heterocycles. The average molecular weight is 581 g/mol. The van der Waals surface area contributed by atoms with Crippen LogP contribution in [0.1, 0.15) is 10.4 Å². The summed E-state index contributed by atoms with van der Waals surface area (Å²) in [6.45, 7) is 0.879. The predicted molar refractivity (Wildman–Crippen MR) is 190 cm³/mol. The summed E-state index contributed by atoms with van der Waals surface area (Å²) in [7, 11) is 0. The first-order valence-corrected chi connectivity index (χ1v) is 15.9. The Hall–Kier alpha value is -5.38. The van der Waals surface area contributed by atoms with Gasteiger partial charge < -0.3 is 10.2 Å². The quantitative estimate of drug-likeness (QED) is 0.208. The summed E-state index contributed by atoms with van der Waals surface area (Å²) < 4.78 is 1.31. The van der Waals surface area contributed by atoms with Crippen molar-refractivity contribution in [1.29, 1.82) is 0 Å². The fraction of sp³-hybridized carbons (Fsp3) is 0.0244. The van der Waals surface area contributed by atoms with Gasteiger partial charge in [-0.25, -0.2) is 0 Å². The molecule has 1 aliphatic rings. The summed E-state index contributed by atoms with van der Waals surface area (Å²) in [6.07, 6.45) is 4.25. The smallest absolute Gasteiger partial charge is 0.0476 e. The normalized spacial score (nSPS) is 12.5. The van der Waals surface area contributed by atoms with Gasteiger partial charge in [0.1, 0.15) is 0 Å². The van der Waals surface area contributed by atoms with Crippen LogP contribution >= 0.6 is 11.3 Å². The van der Waals surface area contributed by atoms with Gasteiger partial charge in [-0.1, -0.05) is 103 Å². The molecule has 0 radical (unpaired) electrons. The van der Waals surface area contributed by atoms with Crippen molar-refractivity contribution in [2.24, 2.45) is 0 Å². The number of nitrogens with zero attached hydrogens (tertiary/aromatic N) is 1. The molecular weight excluding hydrogens is 553 g/mol. The van der Waals surface area contributed by atoms with Crippen molar-refractivity contribution in [2.45, 2.75) is 6.54 Å². The second-order valence-electron chi connectivity index (χ2n) is 11.4. The van der Waals surface area contributed by atoms with Gasteiger partial charge >= 0.3 is 0 Å². The number of nitrogens with one attached hydrogen (secondary N) is 1. The molecule has 3 heteroatoms. The molecule has 0 amide bonds. The molecule has 0 unspecified atom stereocenters. The van der Waals surface area contributed by atoms with E-state index >= 15 is 0 Å². The van der Waals surface area contributed by atoms with Crippen molar-refractivity contribution >= 4 is 76.9 Å². The highest BCUT2D eigenvalue weighted by molar-refractivity contribution is 7.20. The van der Waals surface area contributed by atoms with E-state index in [1.54, 1.807) is 0 Å². The molecule has 7 aromatic carbocycles. The number of rotatable bonds is 4. The van der Waals surface area contributed by atoms with Crippen LogP contribution in [0.2, 0.25) is 0 Å². The summed E-state index contributed by atoms with van der Waals surface area (Å²) in [6, 6.07) is 51.1. The minimum absolute atomic E-state index is 0.879. The second kappa shape index (κ2) is 10.1. The molecule has 9 rings (SSSR count). The topological polar surface area (TPSA) is 15.3 Å². The molecule has 0 atom stereocenters. The Labute approximate surface area is 260 Å². The molecule has 2 nitrogen and oxygen atoms in total. The minimum atomic E-state index is 0.879. The minimum Gasteiger partial charge on any atom is -0.387 e. The van der Waals surface area contributed by atoms with Gasteiger partial charge in [-0.2, -0.15) is 0 Å². The van der Waals surface area contributed by atoms with E-state index in [-0.39, 0.29) is 0 Å². The number of fused-ring (bicyclic) bond motifs is 8. The van der Waals surface area contributed by atoms with Crippen LogP contribution in [0.5, 0.6) is 0 Å². The van der Waals surface area contributed by atoms with Crippen LogP contribution in [0.15, 0.2) is 146 Å². The fourth-order valence-corrected chi connectivity index (χ4v) is 7.90. The second-order valence-corrected chi connectivity index (χ2v) is 12.5. The van der Waals surface area contributed by atoms with Gasteiger partial charge in [0.15, 0.2) is 0 Å². The molecule has 0 aliphatic carbocycles. The predicted octanol–water partition coefficient (Wildman–Crippen LogP) is 11.6. The van der Waals surface area contributed by atoms with Gasteiger partial charge in [-0.15, -0.1) is 11.3 Å². The van der Waals surface area contributed by atoms with Gasteiger partial charge in [0.2, 0.25) is 0 Å². The lowest BCUT2D eigenvalue weighted by Crippen LogP contribution is -2.10. The number of anilines is 3. The maximum absolute atomic E-state index is 3.38. The molecule has 208 valence electrons. The third kappa shape index (κ3) is 4.09. The Balaban J connectivity index is 1.21. The van der Waals surface area contributed by atoms with E-state index in [1.807, 2.05) is 11.3 Å². The molecule has 0 bridgehead atoms. The zero-order valence-corrected chi connectivity index (χ0v) is 24.8. The maximum atomic E-state index is 3.38. The van der Waals surface area contributed by atoms with Crippen LogP contribution in [-0.2, 0) is 6.54 Å². The van der Waals surface area contributed by atoms with Crippen LogP contribution < -0.4 is 10.2 Å². The van der Waals surface area contributed by atoms with E-state index in [9.17, 15) is 0 Å². The summed E-state index contributed by atoms with van der Waals surface area (Å²) in [5.74, 6) is 0. The van der Waals surface area contributed by atoms with Gasteiger partial charge in [0, 0.05) is 33.2 Å². The van der Waals surface area contributed by atoms with E-state index in [1.165, 1.54) is 64.0 Å². The summed E-state index contributed by atoms with van der Waals surface area (Å²) >= 11 is 1.87. The SMILES string of the molecule is C1=Cc2sc3cc(N(c4ccc(-c5ccccc5)cc4)c4ccc5c(ccc6c7ccccc7ccc56)c4)ccc3c2CN1. The lowest BCUT2D eigenvalue weighted by molar-refractivity contribution is 0.871. The first-order valence-electron chi connectivity index (χ1n) is 15.1.